The first-order valence-electron chi connectivity index (χ1n) is 6.96. The highest BCUT2D eigenvalue weighted by Gasteiger charge is 2.12. The lowest BCUT2D eigenvalue weighted by Crippen LogP contribution is -2.23. The molecule has 3 aromatic rings. The van der Waals surface area contributed by atoms with Gasteiger partial charge in [0, 0.05) is 24.8 Å². The molecule has 112 valence electrons. The molecule has 1 unspecified atom stereocenters. The fourth-order valence-electron chi connectivity index (χ4n) is 2.09. The van der Waals surface area contributed by atoms with Crippen molar-refractivity contribution in [1.29, 1.82) is 0 Å². The van der Waals surface area contributed by atoms with Crippen molar-refractivity contribution in [3.8, 4) is 17.3 Å². The van der Waals surface area contributed by atoms with Crippen molar-refractivity contribution in [2.75, 3.05) is 6.61 Å². The first-order chi connectivity index (χ1) is 10.8. The summed E-state index contributed by atoms with van der Waals surface area (Å²) < 4.78 is 7.39. The van der Waals surface area contributed by atoms with Crippen LogP contribution in [-0.4, -0.2) is 37.3 Å². The Bertz CT molecular complexity index is 700. The van der Waals surface area contributed by atoms with E-state index in [0.717, 1.165) is 5.75 Å². The van der Waals surface area contributed by atoms with E-state index in [9.17, 15) is 5.11 Å². The maximum Gasteiger partial charge on any atom is 0.160 e. The van der Waals surface area contributed by atoms with Crippen LogP contribution in [0.5, 0.6) is 5.75 Å². The lowest BCUT2D eigenvalue weighted by Gasteiger charge is -2.14. The van der Waals surface area contributed by atoms with Gasteiger partial charge in [0.25, 0.3) is 0 Å². The van der Waals surface area contributed by atoms with Crippen molar-refractivity contribution >= 4 is 0 Å². The Hall–Kier alpha value is -2.73. The molecular formula is C16H16N4O2. The van der Waals surface area contributed by atoms with Crippen molar-refractivity contribution < 1.29 is 9.84 Å². The first kappa shape index (κ1) is 14.2. The monoisotopic (exact) mass is 296 g/mol. The van der Waals surface area contributed by atoms with Gasteiger partial charge in [-0.25, -0.2) is 9.97 Å². The van der Waals surface area contributed by atoms with Crippen molar-refractivity contribution in [3.05, 3.63) is 61.3 Å². The Labute approximate surface area is 128 Å². The molecule has 1 aromatic carbocycles. The molecule has 0 aliphatic carbocycles. The average molecular weight is 296 g/mol. The number of aliphatic hydroxyl groups is 1. The molecule has 22 heavy (non-hydrogen) atoms. The quantitative estimate of drug-likeness (QED) is 0.750. The Morgan fingerprint density at radius 2 is 1.95 bits per heavy atom. The van der Waals surface area contributed by atoms with Crippen molar-refractivity contribution in [2.45, 2.75) is 12.6 Å². The lowest BCUT2D eigenvalue weighted by atomic mass is 10.3. The number of rotatable bonds is 6. The molecule has 0 amide bonds. The van der Waals surface area contributed by atoms with Crippen LogP contribution < -0.4 is 4.74 Å². The van der Waals surface area contributed by atoms with Crippen LogP contribution in [0.4, 0.5) is 0 Å². The zero-order valence-electron chi connectivity index (χ0n) is 11.9. The van der Waals surface area contributed by atoms with Gasteiger partial charge in [-0.15, -0.1) is 0 Å². The zero-order chi connectivity index (χ0) is 15.2. The van der Waals surface area contributed by atoms with Gasteiger partial charge >= 0.3 is 0 Å². The molecule has 0 fully saturated rings. The molecule has 0 saturated heterocycles. The van der Waals surface area contributed by atoms with E-state index in [1.54, 1.807) is 31.0 Å². The Morgan fingerprint density at radius 1 is 1.09 bits per heavy atom. The largest absolute Gasteiger partial charge is 0.491 e. The normalized spacial score (nSPS) is 12.0. The van der Waals surface area contributed by atoms with E-state index in [1.165, 1.54) is 0 Å². The van der Waals surface area contributed by atoms with Gasteiger partial charge in [-0.3, -0.25) is 4.98 Å². The minimum Gasteiger partial charge on any atom is -0.491 e. The van der Waals surface area contributed by atoms with Gasteiger partial charge in [-0.2, -0.15) is 0 Å². The van der Waals surface area contributed by atoms with Gasteiger partial charge in [0.1, 0.15) is 24.2 Å². The van der Waals surface area contributed by atoms with Gasteiger partial charge in [-0.1, -0.05) is 18.2 Å². The molecule has 0 saturated carbocycles. The minimum atomic E-state index is -0.648. The van der Waals surface area contributed by atoms with Crippen LogP contribution in [0.2, 0.25) is 0 Å². The van der Waals surface area contributed by atoms with Gasteiger partial charge in [0.2, 0.25) is 0 Å². The summed E-state index contributed by atoms with van der Waals surface area (Å²) in [6.07, 6.45) is 7.70. The van der Waals surface area contributed by atoms with Crippen LogP contribution in [0.25, 0.3) is 11.5 Å². The smallest absolute Gasteiger partial charge is 0.160 e. The van der Waals surface area contributed by atoms with Crippen molar-refractivity contribution in [2.24, 2.45) is 0 Å². The molecule has 3 rings (SSSR count). The number of nitrogens with zero attached hydrogens (tertiary/aromatic N) is 4. The maximum absolute atomic E-state index is 10.1. The predicted molar refractivity (Wildman–Crippen MR) is 81.2 cm³/mol. The molecule has 6 heteroatoms. The third-order valence-corrected chi connectivity index (χ3v) is 3.10. The summed E-state index contributed by atoms with van der Waals surface area (Å²) in [5, 5.41) is 10.1. The average Bonchev–Trinajstić information content (AvgIpc) is 3.03. The molecule has 0 bridgehead atoms. The molecule has 6 nitrogen and oxygen atoms in total. The van der Waals surface area contributed by atoms with E-state index in [4.69, 9.17) is 4.74 Å². The summed E-state index contributed by atoms with van der Waals surface area (Å²) in [5.74, 6) is 1.41. The summed E-state index contributed by atoms with van der Waals surface area (Å²) in [7, 11) is 0. The number of hydrogen-bond acceptors (Lipinski definition) is 5. The second-order valence-electron chi connectivity index (χ2n) is 4.77. The standard InChI is InChI=1S/C16H16N4O2/c21-13(12-22-14-4-2-1-3-5-14)11-20-9-8-19-16(20)15-10-17-6-7-18-15/h1-10,13,21H,11-12H2. The Morgan fingerprint density at radius 3 is 2.73 bits per heavy atom. The highest BCUT2D eigenvalue weighted by atomic mass is 16.5. The molecule has 0 aliphatic rings. The number of para-hydroxylation sites is 1. The fraction of sp³-hybridized carbons (Fsp3) is 0.188. The molecule has 1 N–H and O–H groups in total. The van der Waals surface area contributed by atoms with Crippen molar-refractivity contribution in [3.63, 3.8) is 0 Å². The summed E-state index contributed by atoms with van der Waals surface area (Å²) in [6, 6.07) is 9.42. The van der Waals surface area contributed by atoms with E-state index in [1.807, 2.05) is 34.9 Å². The van der Waals surface area contributed by atoms with Gasteiger partial charge in [0.15, 0.2) is 5.82 Å². The van der Waals surface area contributed by atoms with E-state index in [2.05, 4.69) is 15.0 Å². The van der Waals surface area contributed by atoms with E-state index in [-0.39, 0.29) is 6.61 Å². The number of hydrogen-bond donors (Lipinski definition) is 1. The second kappa shape index (κ2) is 6.82. The highest BCUT2D eigenvalue weighted by molar-refractivity contribution is 5.47. The Balaban J connectivity index is 1.63. The number of ether oxygens (including phenoxy) is 1. The molecule has 2 heterocycles. The van der Waals surface area contributed by atoms with Crippen LogP contribution in [-0.2, 0) is 6.54 Å². The van der Waals surface area contributed by atoms with Crippen LogP contribution in [0.1, 0.15) is 0 Å². The molecule has 0 spiro atoms. The third kappa shape index (κ3) is 3.48. The summed E-state index contributed by atoms with van der Waals surface area (Å²) in [6.45, 7) is 0.584. The fourth-order valence-corrected chi connectivity index (χ4v) is 2.09. The third-order valence-electron chi connectivity index (χ3n) is 3.10. The summed E-state index contributed by atoms with van der Waals surface area (Å²) in [4.78, 5) is 12.5. The molecule has 1 atom stereocenters. The number of benzene rings is 1. The highest BCUT2D eigenvalue weighted by Crippen LogP contribution is 2.14. The number of aliphatic hydroxyl groups excluding tert-OH is 1. The van der Waals surface area contributed by atoms with E-state index >= 15 is 0 Å². The summed E-state index contributed by atoms with van der Waals surface area (Å²) in [5.41, 5.74) is 0.670. The Kier molecular flexibility index (Phi) is 4.41. The zero-order valence-corrected chi connectivity index (χ0v) is 11.9. The molecule has 0 radical (unpaired) electrons. The maximum atomic E-state index is 10.1. The molecule has 2 aromatic heterocycles. The van der Waals surface area contributed by atoms with E-state index < -0.39 is 6.10 Å². The molecular weight excluding hydrogens is 280 g/mol. The summed E-state index contributed by atoms with van der Waals surface area (Å²) >= 11 is 0. The van der Waals surface area contributed by atoms with Gasteiger partial charge < -0.3 is 14.4 Å². The lowest BCUT2D eigenvalue weighted by molar-refractivity contribution is 0.0928. The number of aromatic nitrogens is 4. The van der Waals surface area contributed by atoms with Gasteiger partial charge in [-0.05, 0) is 12.1 Å². The predicted octanol–water partition coefficient (Wildman–Crippen LogP) is 1.78. The first-order valence-corrected chi connectivity index (χ1v) is 6.96. The number of imidazole rings is 1. The van der Waals surface area contributed by atoms with Crippen LogP contribution >= 0.6 is 0 Å². The van der Waals surface area contributed by atoms with Crippen molar-refractivity contribution in [1.82, 2.24) is 19.5 Å². The van der Waals surface area contributed by atoms with Crippen LogP contribution in [0.15, 0.2) is 61.3 Å². The van der Waals surface area contributed by atoms with Gasteiger partial charge in [0.05, 0.1) is 12.7 Å². The minimum absolute atomic E-state index is 0.210. The topological polar surface area (TPSA) is 73.1 Å². The molecule has 0 aliphatic heterocycles. The van der Waals surface area contributed by atoms with Crippen LogP contribution in [0.3, 0.4) is 0 Å². The second-order valence-corrected chi connectivity index (χ2v) is 4.77. The SMILES string of the molecule is OC(COc1ccccc1)Cn1ccnc1-c1cnccn1. The van der Waals surface area contributed by atoms with E-state index in [0.29, 0.717) is 18.1 Å². The van der Waals surface area contributed by atoms with Crippen LogP contribution in [0, 0.1) is 0 Å².